The van der Waals surface area contributed by atoms with Crippen LogP contribution in [-0.4, -0.2) is 14.0 Å². The predicted octanol–water partition coefficient (Wildman–Crippen LogP) is 10.8. The Morgan fingerprint density at radius 1 is 0.465 bits per heavy atom. The molecule has 0 aliphatic rings. The lowest BCUT2D eigenvalue weighted by Crippen LogP contribution is -1.97. The molecule has 0 saturated heterocycles. The number of aromatic nitrogens is 3. The van der Waals surface area contributed by atoms with E-state index < -0.39 is 0 Å². The Labute approximate surface area is 250 Å². The lowest BCUT2D eigenvalue weighted by Gasteiger charge is -2.12. The molecule has 0 aliphatic carbocycles. The number of para-hydroxylation sites is 4. The molecule has 3 nitrogen and oxygen atoms in total. The average Bonchev–Trinajstić information content (AvgIpc) is 3.73. The summed E-state index contributed by atoms with van der Waals surface area (Å²) in [5.74, 6) is 0. The normalized spacial score (nSPS) is 12.2. The van der Waals surface area contributed by atoms with Crippen LogP contribution in [0.1, 0.15) is 0 Å². The summed E-state index contributed by atoms with van der Waals surface area (Å²) >= 11 is 1.87. The largest absolute Gasteiger partial charge is 0.309 e. The van der Waals surface area contributed by atoms with Gasteiger partial charge in [0.1, 0.15) is 0 Å². The van der Waals surface area contributed by atoms with Crippen LogP contribution in [0.3, 0.4) is 0 Å². The molecule has 0 unspecified atom stereocenters. The van der Waals surface area contributed by atoms with Gasteiger partial charge in [-0.25, -0.2) is 4.98 Å². The molecule has 200 valence electrons. The second kappa shape index (κ2) is 8.54. The van der Waals surface area contributed by atoms with Gasteiger partial charge in [0, 0.05) is 47.6 Å². The molecule has 0 saturated carbocycles. The summed E-state index contributed by atoms with van der Waals surface area (Å²) in [5, 5.41) is 6.42. The summed E-state index contributed by atoms with van der Waals surface area (Å²) < 4.78 is 7.42. The predicted molar refractivity (Wildman–Crippen MR) is 183 cm³/mol. The van der Waals surface area contributed by atoms with E-state index in [1.165, 1.54) is 52.9 Å². The first-order valence-electron chi connectivity index (χ1n) is 14.6. The minimum absolute atomic E-state index is 0.987. The number of benzene rings is 6. The van der Waals surface area contributed by atoms with Gasteiger partial charge in [-0.3, -0.25) is 0 Å². The maximum absolute atomic E-state index is 5.25. The van der Waals surface area contributed by atoms with Crippen LogP contribution in [0.2, 0.25) is 0 Å². The van der Waals surface area contributed by atoms with E-state index in [9.17, 15) is 0 Å². The summed E-state index contributed by atoms with van der Waals surface area (Å²) in [4.78, 5) is 5.25. The van der Waals surface area contributed by atoms with Crippen molar-refractivity contribution in [2.24, 2.45) is 0 Å². The van der Waals surface area contributed by atoms with Crippen LogP contribution in [0, 0.1) is 0 Å². The van der Waals surface area contributed by atoms with Crippen LogP contribution in [0.5, 0.6) is 0 Å². The lowest BCUT2D eigenvalue weighted by molar-refractivity contribution is 1.18. The molecular weight excluding hydrogens is 543 g/mol. The van der Waals surface area contributed by atoms with Crippen molar-refractivity contribution in [3.63, 3.8) is 0 Å². The van der Waals surface area contributed by atoms with E-state index >= 15 is 0 Å². The van der Waals surface area contributed by atoms with Crippen LogP contribution < -0.4 is 0 Å². The van der Waals surface area contributed by atoms with Gasteiger partial charge in [0.15, 0.2) is 0 Å². The van der Waals surface area contributed by atoms with Gasteiger partial charge in [-0.15, -0.1) is 11.3 Å². The van der Waals surface area contributed by atoms with Crippen molar-refractivity contribution in [2.45, 2.75) is 0 Å². The topological polar surface area (TPSA) is 22.2 Å². The Kier molecular flexibility index (Phi) is 4.60. The van der Waals surface area contributed by atoms with Crippen LogP contribution in [0.15, 0.2) is 140 Å². The maximum Gasteiger partial charge on any atom is 0.0951 e. The van der Waals surface area contributed by atoms with Gasteiger partial charge in [-0.05, 0) is 60.7 Å². The fourth-order valence-electron chi connectivity index (χ4n) is 6.98. The number of fused-ring (bicyclic) bond motifs is 11. The second-order valence-corrected chi connectivity index (χ2v) is 12.3. The Bertz CT molecular complexity index is 2740. The van der Waals surface area contributed by atoms with Crippen LogP contribution >= 0.6 is 11.3 Å². The highest BCUT2D eigenvalue weighted by atomic mass is 32.1. The van der Waals surface area contributed by atoms with E-state index in [2.05, 4.69) is 148 Å². The highest BCUT2D eigenvalue weighted by Gasteiger charge is 2.18. The molecule has 0 atom stereocenters. The van der Waals surface area contributed by atoms with Crippen molar-refractivity contribution in [2.75, 3.05) is 0 Å². The standard InChI is InChI=1S/C39H23N3S/c1-5-16-32-24(10-1)21-36-39(40-31-15-4-7-18-34(31)42(32)36)25-11-9-12-26(20-25)41-33-17-6-2-13-27(33)29-22-30-28-14-3-8-19-37(28)43-38(30)23-35(29)41/h1-23H. The van der Waals surface area contributed by atoms with Gasteiger partial charge in [-0.1, -0.05) is 78.9 Å². The van der Waals surface area contributed by atoms with Gasteiger partial charge >= 0.3 is 0 Å². The molecule has 4 heteroatoms. The van der Waals surface area contributed by atoms with Crippen molar-refractivity contribution >= 4 is 80.8 Å². The van der Waals surface area contributed by atoms with Crippen molar-refractivity contribution < 1.29 is 0 Å². The molecule has 43 heavy (non-hydrogen) atoms. The molecule has 0 bridgehead atoms. The number of rotatable bonds is 2. The number of hydrogen-bond donors (Lipinski definition) is 0. The molecule has 0 spiro atoms. The second-order valence-electron chi connectivity index (χ2n) is 11.2. The number of thiophene rings is 1. The minimum Gasteiger partial charge on any atom is -0.309 e. The molecule has 0 N–H and O–H groups in total. The van der Waals surface area contributed by atoms with E-state index in [0.717, 1.165) is 33.5 Å². The Balaban J connectivity index is 1.27. The highest BCUT2D eigenvalue weighted by molar-refractivity contribution is 7.25. The fourth-order valence-corrected chi connectivity index (χ4v) is 8.11. The highest BCUT2D eigenvalue weighted by Crippen LogP contribution is 2.41. The minimum atomic E-state index is 0.987. The smallest absolute Gasteiger partial charge is 0.0951 e. The molecule has 4 aromatic heterocycles. The zero-order valence-corrected chi connectivity index (χ0v) is 23.8. The van der Waals surface area contributed by atoms with E-state index in [1.807, 2.05) is 11.3 Å². The molecule has 0 amide bonds. The first-order chi connectivity index (χ1) is 21.3. The van der Waals surface area contributed by atoms with Gasteiger partial charge in [-0.2, -0.15) is 0 Å². The SMILES string of the molecule is c1cc(-c2nc3ccccc3n3c2cc2ccccc23)cc(-n2c3ccccc3c3cc4c(cc32)sc2ccccc24)c1. The zero-order chi connectivity index (χ0) is 28.1. The van der Waals surface area contributed by atoms with Crippen LogP contribution in [0.4, 0.5) is 0 Å². The summed E-state index contributed by atoms with van der Waals surface area (Å²) in [6, 6.07) is 50.5. The quantitative estimate of drug-likeness (QED) is 0.204. The third-order valence-corrected chi connectivity index (χ3v) is 9.99. The van der Waals surface area contributed by atoms with E-state index in [1.54, 1.807) is 0 Å². The first-order valence-corrected chi connectivity index (χ1v) is 15.4. The lowest BCUT2D eigenvalue weighted by atomic mass is 10.1. The Morgan fingerprint density at radius 3 is 2.16 bits per heavy atom. The number of nitrogens with zero attached hydrogens (tertiary/aromatic N) is 3. The molecule has 10 rings (SSSR count). The molecule has 6 aromatic carbocycles. The first kappa shape index (κ1) is 23.1. The van der Waals surface area contributed by atoms with E-state index in [4.69, 9.17) is 4.98 Å². The molecule has 0 aliphatic heterocycles. The number of hydrogen-bond acceptors (Lipinski definition) is 2. The molecule has 0 fully saturated rings. The van der Waals surface area contributed by atoms with Crippen molar-refractivity contribution in [1.82, 2.24) is 14.0 Å². The van der Waals surface area contributed by atoms with E-state index in [-0.39, 0.29) is 0 Å². The average molecular weight is 566 g/mol. The molecule has 4 heterocycles. The summed E-state index contributed by atoms with van der Waals surface area (Å²) in [5.41, 5.74) is 10.1. The van der Waals surface area contributed by atoms with Gasteiger partial charge < -0.3 is 8.97 Å². The van der Waals surface area contributed by atoms with E-state index in [0.29, 0.717) is 0 Å². The molecule has 0 radical (unpaired) electrons. The summed E-state index contributed by atoms with van der Waals surface area (Å²) in [7, 11) is 0. The van der Waals surface area contributed by atoms with Gasteiger partial charge in [0.2, 0.25) is 0 Å². The zero-order valence-electron chi connectivity index (χ0n) is 23.0. The van der Waals surface area contributed by atoms with Crippen LogP contribution in [-0.2, 0) is 0 Å². The fraction of sp³-hybridized carbons (Fsp3) is 0. The third kappa shape index (κ3) is 3.21. The van der Waals surface area contributed by atoms with Gasteiger partial charge in [0.05, 0.1) is 38.8 Å². The van der Waals surface area contributed by atoms with Crippen molar-refractivity contribution in [1.29, 1.82) is 0 Å². The maximum atomic E-state index is 5.25. The Hall–Kier alpha value is -5.45. The monoisotopic (exact) mass is 565 g/mol. The Morgan fingerprint density at radius 2 is 1.23 bits per heavy atom. The van der Waals surface area contributed by atoms with Crippen molar-refractivity contribution in [3.8, 4) is 16.9 Å². The third-order valence-electron chi connectivity index (χ3n) is 8.86. The van der Waals surface area contributed by atoms with Gasteiger partial charge in [0.25, 0.3) is 0 Å². The summed E-state index contributed by atoms with van der Waals surface area (Å²) in [6.07, 6.45) is 0. The molecule has 10 aromatic rings. The van der Waals surface area contributed by atoms with Crippen LogP contribution in [0.25, 0.3) is 86.4 Å². The summed E-state index contributed by atoms with van der Waals surface area (Å²) in [6.45, 7) is 0. The van der Waals surface area contributed by atoms with Crippen molar-refractivity contribution in [3.05, 3.63) is 140 Å². The molecular formula is C39H23N3S.